The Labute approximate surface area is 169 Å². The quantitative estimate of drug-likeness (QED) is 0.433. The van der Waals surface area contributed by atoms with E-state index in [0.717, 1.165) is 12.1 Å². The van der Waals surface area contributed by atoms with Crippen LogP contribution in [0, 0.1) is 21.7 Å². The summed E-state index contributed by atoms with van der Waals surface area (Å²) in [6, 6.07) is 7.74. The molecule has 2 amide bonds. The van der Waals surface area contributed by atoms with Gasteiger partial charge in [0.25, 0.3) is 17.5 Å². The van der Waals surface area contributed by atoms with Crippen molar-refractivity contribution in [1.29, 1.82) is 0 Å². The van der Waals surface area contributed by atoms with Crippen LogP contribution >= 0.6 is 0 Å². The molecule has 1 fully saturated rings. The smallest absolute Gasteiger partial charge is 0.282 e. The Morgan fingerprint density at radius 2 is 1.63 bits per heavy atom. The van der Waals surface area contributed by atoms with Gasteiger partial charge in [0.05, 0.1) is 29.4 Å². The fraction of sp³-hybridized carbons (Fsp3) is 0.200. The number of nitro benzene ring substituents is 1. The lowest BCUT2D eigenvalue weighted by Gasteiger charge is -2.29. The molecule has 1 saturated heterocycles. The number of non-ortho nitro benzene ring substituents is 1. The highest BCUT2D eigenvalue weighted by atomic mass is 19.1. The van der Waals surface area contributed by atoms with Gasteiger partial charge in [0.1, 0.15) is 17.3 Å². The van der Waals surface area contributed by atoms with E-state index in [1.54, 1.807) is 4.90 Å². The van der Waals surface area contributed by atoms with Gasteiger partial charge in [0, 0.05) is 31.3 Å². The number of anilines is 1. The Balaban J connectivity index is 1.83. The molecule has 0 saturated carbocycles. The molecular weight excluding hydrogens is 400 g/mol. The fourth-order valence-electron chi connectivity index (χ4n) is 3.49. The van der Waals surface area contributed by atoms with Crippen LogP contribution in [0.2, 0.25) is 0 Å². The Kier molecular flexibility index (Phi) is 5.00. The monoisotopic (exact) mass is 415 g/mol. The SMILES string of the molecule is O=C1C(c2ccc([N+](=O)[O-])cc2)=C(N2CCOCC2)C(=O)N1c1ccc(F)cc1F. The van der Waals surface area contributed by atoms with E-state index in [0.29, 0.717) is 37.3 Å². The van der Waals surface area contributed by atoms with E-state index in [-0.39, 0.29) is 28.2 Å². The number of nitro groups is 1. The second-order valence-electron chi connectivity index (χ2n) is 6.67. The summed E-state index contributed by atoms with van der Waals surface area (Å²) in [5.41, 5.74) is -0.202. The number of halogens is 2. The van der Waals surface area contributed by atoms with Crippen LogP contribution in [0.5, 0.6) is 0 Å². The number of carbonyl (C=O) groups excluding carboxylic acids is 2. The van der Waals surface area contributed by atoms with Gasteiger partial charge in [-0.05, 0) is 29.8 Å². The zero-order valence-corrected chi connectivity index (χ0v) is 15.5. The van der Waals surface area contributed by atoms with Crippen LogP contribution in [0.1, 0.15) is 5.56 Å². The van der Waals surface area contributed by atoms with Gasteiger partial charge < -0.3 is 9.64 Å². The van der Waals surface area contributed by atoms with Gasteiger partial charge in [-0.15, -0.1) is 0 Å². The Morgan fingerprint density at radius 1 is 0.967 bits per heavy atom. The molecule has 30 heavy (non-hydrogen) atoms. The minimum Gasteiger partial charge on any atom is -0.378 e. The Hall–Kier alpha value is -3.66. The molecule has 10 heteroatoms. The molecule has 154 valence electrons. The number of hydrogen-bond donors (Lipinski definition) is 0. The standard InChI is InChI=1S/C20H15F2N3O5/c21-13-3-6-16(15(22)11-13)24-19(26)17(12-1-4-14(5-2-12)25(28)29)18(20(24)27)23-7-9-30-10-8-23/h1-6,11H,7-10H2. The predicted molar refractivity (Wildman–Crippen MR) is 101 cm³/mol. The molecule has 2 aromatic carbocycles. The number of morpholine rings is 1. The molecule has 0 N–H and O–H groups in total. The summed E-state index contributed by atoms with van der Waals surface area (Å²) in [6.07, 6.45) is 0. The van der Waals surface area contributed by atoms with Gasteiger partial charge in [0.2, 0.25) is 0 Å². The molecule has 2 aliphatic heterocycles. The van der Waals surface area contributed by atoms with E-state index < -0.39 is 28.4 Å². The molecule has 0 atom stereocenters. The molecule has 2 heterocycles. The van der Waals surface area contributed by atoms with Crippen molar-refractivity contribution >= 4 is 28.8 Å². The van der Waals surface area contributed by atoms with Crippen molar-refractivity contribution in [1.82, 2.24) is 4.90 Å². The van der Waals surface area contributed by atoms with Crippen LogP contribution in [-0.2, 0) is 14.3 Å². The molecule has 2 aliphatic rings. The van der Waals surface area contributed by atoms with Gasteiger partial charge in [-0.1, -0.05) is 0 Å². The number of amides is 2. The second-order valence-corrected chi connectivity index (χ2v) is 6.67. The third-order valence-electron chi connectivity index (χ3n) is 4.90. The van der Waals surface area contributed by atoms with E-state index in [2.05, 4.69) is 0 Å². The normalized spacial score (nSPS) is 17.1. The van der Waals surface area contributed by atoms with Crippen LogP contribution in [-0.4, -0.2) is 47.9 Å². The number of hydrogen-bond acceptors (Lipinski definition) is 6. The summed E-state index contributed by atoms with van der Waals surface area (Å²) in [5.74, 6) is -3.43. The van der Waals surface area contributed by atoms with E-state index in [9.17, 15) is 28.5 Å². The summed E-state index contributed by atoms with van der Waals surface area (Å²) < 4.78 is 33.0. The summed E-state index contributed by atoms with van der Waals surface area (Å²) in [7, 11) is 0. The van der Waals surface area contributed by atoms with E-state index >= 15 is 0 Å². The van der Waals surface area contributed by atoms with E-state index in [1.165, 1.54) is 24.3 Å². The van der Waals surface area contributed by atoms with Crippen molar-refractivity contribution in [2.24, 2.45) is 0 Å². The number of carbonyl (C=O) groups is 2. The average molecular weight is 415 g/mol. The minimum atomic E-state index is -1.05. The van der Waals surface area contributed by atoms with Gasteiger partial charge >= 0.3 is 0 Å². The molecule has 0 unspecified atom stereocenters. The molecule has 4 rings (SSSR count). The van der Waals surface area contributed by atoms with Crippen molar-refractivity contribution in [3.05, 3.63) is 75.5 Å². The summed E-state index contributed by atoms with van der Waals surface area (Å²) in [5, 5.41) is 10.9. The number of benzene rings is 2. The summed E-state index contributed by atoms with van der Waals surface area (Å²) in [4.78, 5) is 39.1. The first kappa shape index (κ1) is 19.6. The largest absolute Gasteiger partial charge is 0.378 e. The van der Waals surface area contributed by atoms with Crippen LogP contribution in [0.25, 0.3) is 5.57 Å². The molecule has 8 nitrogen and oxygen atoms in total. The molecule has 0 bridgehead atoms. The number of nitrogens with zero attached hydrogens (tertiary/aromatic N) is 3. The molecule has 0 spiro atoms. The fourth-order valence-corrected chi connectivity index (χ4v) is 3.49. The predicted octanol–water partition coefficient (Wildman–Crippen LogP) is 2.49. The highest BCUT2D eigenvalue weighted by Gasteiger charge is 2.43. The van der Waals surface area contributed by atoms with Crippen molar-refractivity contribution in [2.45, 2.75) is 0 Å². The van der Waals surface area contributed by atoms with Crippen LogP contribution in [0.3, 0.4) is 0 Å². The maximum atomic E-state index is 14.4. The van der Waals surface area contributed by atoms with Crippen LogP contribution in [0.15, 0.2) is 48.2 Å². The third-order valence-corrected chi connectivity index (χ3v) is 4.90. The van der Waals surface area contributed by atoms with Crippen molar-refractivity contribution in [3.63, 3.8) is 0 Å². The second kappa shape index (κ2) is 7.64. The first-order valence-corrected chi connectivity index (χ1v) is 9.04. The molecule has 2 aromatic rings. The van der Waals surface area contributed by atoms with Gasteiger partial charge in [-0.3, -0.25) is 19.7 Å². The summed E-state index contributed by atoms with van der Waals surface area (Å²) >= 11 is 0. The van der Waals surface area contributed by atoms with E-state index in [4.69, 9.17) is 4.74 Å². The molecule has 0 radical (unpaired) electrons. The maximum Gasteiger partial charge on any atom is 0.282 e. The van der Waals surface area contributed by atoms with Crippen molar-refractivity contribution < 1.29 is 28.0 Å². The molecule has 0 aliphatic carbocycles. The maximum absolute atomic E-state index is 14.4. The zero-order valence-electron chi connectivity index (χ0n) is 15.5. The Morgan fingerprint density at radius 3 is 2.23 bits per heavy atom. The third kappa shape index (κ3) is 3.30. The number of rotatable bonds is 4. The van der Waals surface area contributed by atoms with E-state index in [1.807, 2.05) is 0 Å². The van der Waals surface area contributed by atoms with Crippen LogP contribution < -0.4 is 4.90 Å². The lowest BCUT2D eigenvalue weighted by Crippen LogP contribution is -2.40. The topological polar surface area (TPSA) is 93.0 Å². The van der Waals surface area contributed by atoms with Crippen LogP contribution in [0.4, 0.5) is 20.2 Å². The molecule has 0 aromatic heterocycles. The van der Waals surface area contributed by atoms with Crippen molar-refractivity contribution in [2.75, 3.05) is 31.2 Å². The zero-order chi connectivity index (χ0) is 21.4. The first-order chi connectivity index (χ1) is 14.4. The summed E-state index contributed by atoms with van der Waals surface area (Å²) in [6.45, 7) is 1.35. The average Bonchev–Trinajstić information content (AvgIpc) is 2.99. The first-order valence-electron chi connectivity index (χ1n) is 9.04. The van der Waals surface area contributed by atoms with Gasteiger partial charge in [-0.25, -0.2) is 13.7 Å². The highest BCUT2D eigenvalue weighted by Crippen LogP contribution is 2.36. The Bertz CT molecular complexity index is 1080. The number of ether oxygens (including phenoxy) is 1. The highest BCUT2D eigenvalue weighted by molar-refractivity contribution is 6.45. The van der Waals surface area contributed by atoms with Gasteiger partial charge in [-0.2, -0.15) is 0 Å². The lowest BCUT2D eigenvalue weighted by atomic mass is 10.0. The van der Waals surface area contributed by atoms with Gasteiger partial charge in [0.15, 0.2) is 0 Å². The number of imide groups is 1. The van der Waals surface area contributed by atoms with Crippen molar-refractivity contribution in [3.8, 4) is 0 Å². The molecular formula is C20H15F2N3O5. The minimum absolute atomic E-state index is 0.000484. The lowest BCUT2D eigenvalue weighted by molar-refractivity contribution is -0.384.